The summed E-state index contributed by atoms with van der Waals surface area (Å²) < 4.78 is 14.3. The van der Waals surface area contributed by atoms with Gasteiger partial charge in [0.2, 0.25) is 0 Å². The van der Waals surface area contributed by atoms with E-state index in [1.807, 2.05) is 0 Å². The molecule has 0 radical (unpaired) electrons. The van der Waals surface area contributed by atoms with Gasteiger partial charge in [-0.05, 0) is 49.1 Å². The first-order valence-electron chi connectivity index (χ1n) is 10.2. The average Bonchev–Trinajstić information content (AvgIpc) is 3.00. The van der Waals surface area contributed by atoms with Crippen molar-refractivity contribution in [3.8, 4) is 11.5 Å². The number of para-hydroxylation sites is 1. The molecule has 3 heteroatoms. The number of rotatable bonds is 10. The number of ether oxygens (including phenoxy) is 2. The molecule has 3 rings (SSSR count). The van der Waals surface area contributed by atoms with Gasteiger partial charge in [-0.2, -0.15) is 0 Å². The standard InChI is InChI=1S/C24H31NO2/c1-4-6-14-26-23-13-12-20(16-24(23)27-15-7-5-2)18-25-17-19(3)21-10-8-9-11-22(21)25/h8-13,16-17H,4-7,14-15,18H2,1-3H3. The lowest BCUT2D eigenvalue weighted by molar-refractivity contribution is 0.261. The van der Waals surface area contributed by atoms with Crippen LogP contribution in [0.1, 0.15) is 50.7 Å². The Hall–Kier alpha value is -2.42. The summed E-state index contributed by atoms with van der Waals surface area (Å²) in [6.07, 6.45) is 6.60. The molecule has 0 atom stereocenters. The fourth-order valence-corrected chi connectivity index (χ4v) is 3.29. The minimum atomic E-state index is 0.732. The molecule has 0 aliphatic carbocycles. The summed E-state index contributed by atoms with van der Waals surface area (Å²) >= 11 is 0. The zero-order chi connectivity index (χ0) is 19.1. The largest absolute Gasteiger partial charge is 0.490 e. The van der Waals surface area contributed by atoms with Crippen LogP contribution in [0.2, 0.25) is 0 Å². The molecule has 0 fully saturated rings. The molecular weight excluding hydrogens is 334 g/mol. The van der Waals surface area contributed by atoms with Gasteiger partial charge in [0, 0.05) is 23.6 Å². The number of aryl methyl sites for hydroxylation is 1. The summed E-state index contributed by atoms with van der Waals surface area (Å²) in [5, 5.41) is 1.32. The van der Waals surface area contributed by atoms with E-state index in [0.29, 0.717) is 0 Å². The zero-order valence-electron chi connectivity index (χ0n) is 16.8. The SMILES string of the molecule is CCCCOc1ccc(Cn2cc(C)c3ccccc32)cc1OCCCC. The predicted molar refractivity (Wildman–Crippen MR) is 113 cm³/mol. The Morgan fingerprint density at radius 3 is 2.30 bits per heavy atom. The van der Waals surface area contributed by atoms with Crippen LogP contribution in [-0.2, 0) is 6.54 Å². The summed E-state index contributed by atoms with van der Waals surface area (Å²) in [5.74, 6) is 1.72. The third-order valence-corrected chi connectivity index (χ3v) is 4.86. The first-order valence-corrected chi connectivity index (χ1v) is 10.2. The van der Waals surface area contributed by atoms with Crippen LogP contribution in [0.15, 0.2) is 48.7 Å². The Labute approximate surface area is 162 Å². The first-order chi connectivity index (χ1) is 13.2. The van der Waals surface area contributed by atoms with Gasteiger partial charge in [-0.25, -0.2) is 0 Å². The number of benzene rings is 2. The Balaban J connectivity index is 1.82. The van der Waals surface area contributed by atoms with Crippen molar-refractivity contribution in [2.45, 2.75) is 53.0 Å². The predicted octanol–water partition coefficient (Wildman–Crippen LogP) is 6.36. The summed E-state index contributed by atoms with van der Waals surface area (Å²) in [6, 6.07) is 14.9. The van der Waals surface area contributed by atoms with Crippen molar-refractivity contribution in [2.75, 3.05) is 13.2 Å². The third-order valence-electron chi connectivity index (χ3n) is 4.86. The van der Waals surface area contributed by atoms with E-state index in [9.17, 15) is 0 Å². The van der Waals surface area contributed by atoms with Gasteiger partial charge < -0.3 is 14.0 Å². The van der Waals surface area contributed by atoms with Gasteiger partial charge in [0.1, 0.15) is 0 Å². The monoisotopic (exact) mass is 365 g/mol. The van der Waals surface area contributed by atoms with Crippen molar-refractivity contribution < 1.29 is 9.47 Å². The second-order valence-electron chi connectivity index (χ2n) is 7.14. The molecule has 0 N–H and O–H groups in total. The Bertz CT molecular complexity index is 866. The van der Waals surface area contributed by atoms with Crippen LogP contribution < -0.4 is 9.47 Å². The maximum atomic E-state index is 6.05. The molecule has 0 spiro atoms. The molecule has 27 heavy (non-hydrogen) atoms. The molecule has 0 saturated carbocycles. The van der Waals surface area contributed by atoms with Crippen LogP contribution in [0.4, 0.5) is 0 Å². The summed E-state index contributed by atoms with van der Waals surface area (Å²) in [6.45, 7) is 8.82. The van der Waals surface area contributed by atoms with Crippen molar-refractivity contribution in [3.05, 3.63) is 59.8 Å². The van der Waals surface area contributed by atoms with Crippen LogP contribution in [-0.4, -0.2) is 17.8 Å². The van der Waals surface area contributed by atoms with Crippen molar-refractivity contribution in [1.82, 2.24) is 4.57 Å². The molecule has 2 aromatic carbocycles. The molecule has 0 aliphatic rings. The lowest BCUT2D eigenvalue weighted by Gasteiger charge is -2.15. The lowest BCUT2D eigenvalue weighted by Crippen LogP contribution is -2.04. The second kappa shape index (κ2) is 9.50. The van der Waals surface area contributed by atoms with E-state index in [0.717, 1.165) is 56.9 Å². The highest BCUT2D eigenvalue weighted by Gasteiger charge is 2.10. The summed E-state index contributed by atoms with van der Waals surface area (Å²) in [7, 11) is 0. The number of unbranched alkanes of at least 4 members (excludes halogenated alkanes) is 2. The Morgan fingerprint density at radius 1 is 0.852 bits per heavy atom. The van der Waals surface area contributed by atoms with Gasteiger partial charge in [-0.1, -0.05) is 51.0 Å². The van der Waals surface area contributed by atoms with Gasteiger partial charge in [0.15, 0.2) is 11.5 Å². The second-order valence-corrected chi connectivity index (χ2v) is 7.14. The number of aromatic nitrogens is 1. The van der Waals surface area contributed by atoms with Crippen LogP contribution in [0.25, 0.3) is 10.9 Å². The molecule has 1 aromatic heterocycles. The van der Waals surface area contributed by atoms with E-state index in [2.05, 4.69) is 74.0 Å². The van der Waals surface area contributed by atoms with Gasteiger partial charge in [-0.15, -0.1) is 0 Å². The molecule has 1 heterocycles. The van der Waals surface area contributed by atoms with Gasteiger partial charge in [0.25, 0.3) is 0 Å². The van der Waals surface area contributed by atoms with E-state index >= 15 is 0 Å². The Kier molecular flexibility index (Phi) is 6.80. The van der Waals surface area contributed by atoms with E-state index in [-0.39, 0.29) is 0 Å². The number of hydrogen-bond donors (Lipinski definition) is 0. The van der Waals surface area contributed by atoms with Gasteiger partial charge in [0.05, 0.1) is 13.2 Å². The maximum Gasteiger partial charge on any atom is 0.161 e. The number of fused-ring (bicyclic) bond motifs is 1. The quantitative estimate of drug-likeness (QED) is 0.390. The minimum Gasteiger partial charge on any atom is -0.490 e. The topological polar surface area (TPSA) is 23.4 Å². The van der Waals surface area contributed by atoms with E-state index in [1.54, 1.807) is 0 Å². The molecule has 0 unspecified atom stereocenters. The third kappa shape index (κ3) is 4.85. The van der Waals surface area contributed by atoms with E-state index in [1.165, 1.54) is 22.0 Å². The Morgan fingerprint density at radius 2 is 1.56 bits per heavy atom. The molecule has 0 bridgehead atoms. The van der Waals surface area contributed by atoms with Crippen LogP contribution >= 0.6 is 0 Å². The van der Waals surface area contributed by atoms with Gasteiger partial charge >= 0.3 is 0 Å². The van der Waals surface area contributed by atoms with E-state index < -0.39 is 0 Å². The molecule has 3 nitrogen and oxygen atoms in total. The van der Waals surface area contributed by atoms with Crippen molar-refractivity contribution in [1.29, 1.82) is 0 Å². The molecule has 0 aliphatic heterocycles. The average molecular weight is 366 g/mol. The molecule has 0 amide bonds. The highest BCUT2D eigenvalue weighted by atomic mass is 16.5. The minimum absolute atomic E-state index is 0.732. The van der Waals surface area contributed by atoms with Crippen LogP contribution in [0.5, 0.6) is 11.5 Å². The zero-order valence-corrected chi connectivity index (χ0v) is 16.8. The molecule has 0 saturated heterocycles. The lowest BCUT2D eigenvalue weighted by atomic mass is 10.2. The smallest absolute Gasteiger partial charge is 0.161 e. The maximum absolute atomic E-state index is 6.05. The molecular formula is C24H31NO2. The van der Waals surface area contributed by atoms with Crippen molar-refractivity contribution >= 4 is 10.9 Å². The molecule has 3 aromatic rings. The fraction of sp³-hybridized carbons (Fsp3) is 0.417. The summed E-state index contributed by atoms with van der Waals surface area (Å²) in [4.78, 5) is 0. The first kappa shape index (κ1) is 19.3. The fourth-order valence-electron chi connectivity index (χ4n) is 3.29. The van der Waals surface area contributed by atoms with Crippen molar-refractivity contribution in [3.63, 3.8) is 0 Å². The highest BCUT2D eigenvalue weighted by molar-refractivity contribution is 5.83. The molecule has 144 valence electrons. The highest BCUT2D eigenvalue weighted by Crippen LogP contribution is 2.30. The van der Waals surface area contributed by atoms with Crippen molar-refractivity contribution in [2.24, 2.45) is 0 Å². The van der Waals surface area contributed by atoms with Gasteiger partial charge in [-0.3, -0.25) is 0 Å². The van der Waals surface area contributed by atoms with Crippen LogP contribution in [0, 0.1) is 6.92 Å². The van der Waals surface area contributed by atoms with E-state index in [4.69, 9.17) is 9.47 Å². The number of nitrogens with zero attached hydrogens (tertiary/aromatic N) is 1. The summed E-state index contributed by atoms with van der Waals surface area (Å²) in [5.41, 5.74) is 3.81. The normalized spacial score (nSPS) is 11.1. The van der Waals surface area contributed by atoms with Crippen LogP contribution in [0.3, 0.4) is 0 Å². The number of hydrogen-bond acceptors (Lipinski definition) is 2.